The molecule has 23 heavy (non-hydrogen) atoms. The Morgan fingerprint density at radius 1 is 1.43 bits per heavy atom. The van der Waals surface area contributed by atoms with Gasteiger partial charge < -0.3 is 5.32 Å². The molecule has 0 saturated heterocycles. The van der Waals surface area contributed by atoms with Crippen LogP contribution in [0.25, 0.3) is 10.7 Å². The minimum absolute atomic E-state index is 0.0758. The summed E-state index contributed by atoms with van der Waals surface area (Å²) in [5.74, 6) is 0.619. The van der Waals surface area contributed by atoms with Crippen LogP contribution in [-0.2, 0) is 11.3 Å². The van der Waals surface area contributed by atoms with Crippen molar-refractivity contribution in [2.75, 3.05) is 0 Å². The quantitative estimate of drug-likeness (QED) is 0.675. The average molecular weight is 365 g/mol. The van der Waals surface area contributed by atoms with Crippen LogP contribution in [0.5, 0.6) is 0 Å². The van der Waals surface area contributed by atoms with E-state index in [1.165, 1.54) is 10.4 Å². The number of nitrogens with one attached hydrogen (secondary N) is 2. The van der Waals surface area contributed by atoms with E-state index in [9.17, 15) is 4.79 Å². The second-order valence-corrected chi connectivity index (χ2v) is 7.46. The number of aromatic amines is 1. The van der Waals surface area contributed by atoms with Crippen molar-refractivity contribution in [2.24, 2.45) is 0 Å². The Kier molecular flexibility index (Phi) is 4.74. The number of aryl methyl sites for hydroxylation is 1. The van der Waals surface area contributed by atoms with Gasteiger partial charge in [0.2, 0.25) is 5.91 Å². The van der Waals surface area contributed by atoms with E-state index >= 15 is 0 Å². The summed E-state index contributed by atoms with van der Waals surface area (Å²) in [7, 11) is 0. The summed E-state index contributed by atoms with van der Waals surface area (Å²) in [5, 5.41) is 14.0. The number of carbonyl (C=O) groups is 1. The molecule has 120 valence electrons. The maximum atomic E-state index is 12.5. The van der Waals surface area contributed by atoms with Gasteiger partial charge in [0.15, 0.2) is 10.6 Å². The van der Waals surface area contributed by atoms with Crippen molar-refractivity contribution in [1.29, 1.82) is 0 Å². The highest BCUT2D eigenvalue weighted by molar-refractivity contribution is 7.71. The van der Waals surface area contributed by atoms with E-state index < -0.39 is 6.04 Å². The number of hydrogen-bond acceptors (Lipinski definition) is 5. The molecule has 0 radical (unpaired) electrons. The van der Waals surface area contributed by atoms with Gasteiger partial charge in [-0.2, -0.15) is 5.10 Å². The maximum Gasteiger partial charge on any atom is 0.243 e. The third-order valence-electron chi connectivity index (χ3n) is 3.60. The van der Waals surface area contributed by atoms with Crippen LogP contribution >= 0.6 is 34.9 Å². The van der Waals surface area contributed by atoms with Crippen molar-refractivity contribution in [3.05, 3.63) is 44.2 Å². The molecule has 3 aromatic rings. The zero-order valence-electron chi connectivity index (χ0n) is 12.7. The zero-order valence-corrected chi connectivity index (χ0v) is 15.1. The molecule has 0 aliphatic rings. The van der Waals surface area contributed by atoms with Gasteiger partial charge in [0.05, 0.1) is 11.4 Å². The van der Waals surface area contributed by atoms with E-state index in [1.807, 2.05) is 36.7 Å². The topological polar surface area (TPSA) is 62.7 Å². The summed E-state index contributed by atoms with van der Waals surface area (Å²) >= 11 is 8.51. The lowest BCUT2D eigenvalue weighted by atomic mass is 10.2. The molecular weight excluding hydrogens is 348 g/mol. The molecule has 0 aromatic carbocycles. The molecule has 0 aliphatic heterocycles. The zero-order chi connectivity index (χ0) is 16.4. The van der Waals surface area contributed by atoms with Gasteiger partial charge in [-0.25, -0.2) is 0 Å². The summed E-state index contributed by atoms with van der Waals surface area (Å²) in [5.41, 5.74) is 1.20. The molecule has 0 spiro atoms. The maximum absolute atomic E-state index is 12.5. The Hall–Kier alpha value is -1.77. The summed E-state index contributed by atoms with van der Waals surface area (Å²) in [6.07, 6.45) is 0. The Morgan fingerprint density at radius 2 is 2.26 bits per heavy atom. The summed E-state index contributed by atoms with van der Waals surface area (Å²) in [6, 6.07) is 5.54. The van der Waals surface area contributed by atoms with Gasteiger partial charge in [0, 0.05) is 4.88 Å². The standard InChI is InChI=1S/C15H16N4OS3/c1-9-5-7-23-12(9)8-16-14(20)10(2)19-13(17-18-15(19)21)11-4-3-6-22-11/h3-7,10H,8H2,1-2H3,(H,16,20)(H,18,21). The van der Waals surface area contributed by atoms with Crippen LogP contribution in [0.4, 0.5) is 0 Å². The SMILES string of the molecule is Cc1ccsc1CNC(=O)C(C)n1c(-c2cccs2)n[nH]c1=S. The fraction of sp³-hybridized carbons (Fsp3) is 0.267. The van der Waals surface area contributed by atoms with Gasteiger partial charge in [-0.05, 0) is 54.5 Å². The van der Waals surface area contributed by atoms with Gasteiger partial charge in [-0.15, -0.1) is 22.7 Å². The van der Waals surface area contributed by atoms with Crippen LogP contribution < -0.4 is 5.32 Å². The molecule has 0 bridgehead atoms. The van der Waals surface area contributed by atoms with Crippen molar-refractivity contribution < 1.29 is 4.79 Å². The van der Waals surface area contributed by atoms with Crippen LogP contribution in [0.1, 0.15) is 23.4 Å². The molecule has 1 atom stereocenters. The predicted molar refractivity (Wildman–Crippen MR) is 96.3 cm³/mol. The Balaban J connectivity index is 1.79. The lowest BCUT2D eigenvalue weighted by molar-refractivity contribution is -0.124. The van der Waals surface area contributed by atoms with E-state index in [0.29, 0.717) is 17.1 Å². The second kappa shape index (κ2) is 6.77. The third-order valence-corrected chi connectivity index (χ3v) is 5.78. The van der Waals surface area contributed by atoms with E-state index in [4.69, 9.17) is 12.2 Å². The molecule has 3 aromatic heterocycles. The molecule has 3 rings (SSSR count). The van der Waals surface area contributed by atoms with Gasteiger partial charge in [-0.1, -0.05) is 6.07 Å². The van der Waals surface area contributed by atoms with Gasteiger partial charge in [0.25, 0.3) is 0 Å². The highest BCUT2D eigenvalue weighted by atomic mass is 32.1. The second-order valence-electron chi connectivity index (χ2n) is 5.12. The fourth-order valence-corrected chi connectivity index (χ4v) is 4.11. The summed E-state index contributed by atoms with van der Waals surface area (Å²) in [6.45, 7) is 4.41. The van der Waals surface area contributed by atoms with Crippen molar-refractivity contribution in [1.82, 2.24) is 20.1 Å². The van der Waals surface area contributed by atoms with Crippen LogP contribution in [0, 0.1) is 11.7 Å². The monoisotopic (exact) mass is 364 g/mol. The largest absolute Gasteiger partial charge is 0.349 e. The van der Waals surface area contributed by atoms with Crippen LogP contribution in [0.3, 0.4) is 0 Å². The van der Waals surface area contributed by atoms with Crippen LogP contribution in [0.15, 0.2) is 29.0 Å². The molecule has 8 heteroatoms. The number of nitrogens with zero attached hydrogens (tertiary/aromatic N) is 2. The highest BCUT2D eigenvalue weighted by Crippen LogP contribution is 2.25. The minimum Gasteiger partial charge on any atom is -0.349 e. The first-order chi connectivity index (χ1) is 11.1. The first kappa shape index (κ1) is 16.1. The lowest BCUT2D eigenvalue weighted by Gasteiger charge is -2.15. The highest BCUT2D eigenvalue weighted by Gasteiger charge is 2.21. The lowest BCUT2D eigenvalue weighted by Crippen LogP contribution is -2.31. The van der Waals surface area contributed by atoms with E-state index in [-0.39, 0.29) is 5.91 Å². The van der Waals surface area contributed by atoms with Crippen molar-refractivity contribution in [2.45, 2.75) is 26.4 Å². The van der Waals surface area contributed by atoms with E-state index in [2.05, 4.69) is 21.6 Å². The molecule has 1 unspecified atom stereocenters. The van der Waals surface area contributed by atoms with Crippen molar-refractivity contribution in [3.63, 3.8) is 0 Å². The number of thiophene rings is 2. The number of rotatable bonds is 5. The number of amides is 1. The number of carbonyl (C=O) groups excluding carboxylic acids is 1. The smallest absolute Gasteiger partial charge is 0.243 e. The number of aromatic nitrogens is 3. The molecule has 2 N–H and O–H groups in total. The average Bonchev–Trinajstić information content (AvgIpc) is 3.25. The minimum atomic E-state index is -0.432. The summed E-state index contributed by atoms with van der Waals surface area (Å²) in [4.78, 5) is 14.7. The summed E-state index contributed by atoms with van der Waals surface area (Å²) < 4.78 is 2.21. The first-order valence-electron chi connectivity index (χ1n) is 7.09. The molecule has 3 heterocycles. The third kappa shape index (κ3) is 3.29. The van der Waals surface area contributed by atoms with Crippen LogP contribution in [0.2, 0.25) is 0 Å². The van der Waals surface area contributed by atoms with E-state index in [0.717, 1.165) is 4.88 Å². The normalized spacial score (nSPS) is 12.3. The predicted octanol–water partition coefficient (Wildman–Crippen LogP) is 3.92. The Bertz CT molecular complexity index is 860. The van der Waals surface area contributed by atoms with Crippen LogP contribution in [-0.4, -0.2) is 20.7 Å². The van der Waals surface area contributed by atoms with Crippen molar-refractivity contribution in [3.8, 4) is 10.7 Å². The van der Waals surface area contributed by atoms with Crippen molar-refractivity contribution >= 4 is 40.8 Å². The number of hydrogen-bond donors (Lipinski definition) is 2. The molecule has 1 amide bonds. The molecular formula is C15H16N4OS3. The number of H-pyrrole nitrogens is 1. The molecule has 5 nitrogen and oxygen atoms in total. The Morgan fingerprint density at radius 3 is 2.91 bits per heavy atom. The van der Waals surface area contributed by atoms with Gasteiger partial charge >= 0.3 is 0 Å². The molecule has 0 saturated carbocycles. The molecule has 0 fully saturated rings. The fourth-order valence-electron chi connectivity index (χ4n) is 2.26. The van der Waals surface area contributed by atoms with E-state index in [1.54, 1.807) is 27.2 Å². The first-order valence-corrected chi connectivity index (χ1v) is 9.26. The van der Waals surface area contributed by atoms with Gasteiger partial charge in [-0.3, -0.25) is 14.5 Å². The Labute approximate surface area is 147 Å². The molecule has 0 aliphatic carbocycles. The van der Waals surface area contributed by atoms with Gasteiger partial charge in [0.1, 0.15) is 6.04 Å².